The SMILES string of the molecule is CC(C)(NC(=O)Cn1nc(-c2ccc(Cl)cc2)n(/C=C/C(=O)O)c1=O)c1cccc(C(F)(F)F)c1. The number of benzene rings is 2. The molecule has 0 spiro atoms. The van der Waals surface area contributed by atoms with Gasteiger partial charge < -0.3 is 10.4 Å². The Hall–Kier alpha value is -3.86. The van der Waals surface area contributed by atoms with Gasteiger partial charge in [0.05, 0.1) is 11.1 Å². The predicted molar refractivity (Wildman–Crippen MR) is 123 cm³/mol. The van der Waals surface area contributed by atoms with Gasteiger partial charge in [0.25, 0.3) is 0 Å². The lowest BCUT2D eigenvalue weighted by Crippen LogP contribution is -2.44. The minimum Gasteiger partial charge on any atom is -0.478 e. The molecule has 12 heteroatoms. The van der Waals surface area contributed by atoms with Gasteiger partial charge in [-0.05, 0) is 55.8 Å². The molecule has 35 heavy (non-hydrogen) atoms. The van der Waals surface area contributed by atoms with Gasteiger partial charge in [-0.2, -0.15) is 13.2 Å². The largest absolute Gasteiger partial charge is 0.478 e. The van der Waals surface area contributed by atoms with Gasteiger partial charge in [-0.25, -0.2) is 18.8 Å². The standard InChI is InChI=1S/C23H20ClF3N4O4/c1-22(2,15-4-3-5-16(12-15)23(25,26)27)28-18(32)13-31-21(35)30(11-10-19(33)34)20(29-31)14-6-8-17(24)9-7-14/h3-12H,13H2,1-2H3,(H,28,32)(H,33,34)/b11-10+. The van der Waals surface area contributed by atoms with Crippen LogP contribution in [0.4, 0.5) is 13.2 Å². The third-order valence-corrected chi connectivity index (χ3v) is 5.25. The zero-order chi connectivity index (χ0) is 26.0. The topological polar surface area (TPSA) is 106 Å². The second-order valence-corrected chi connectivity index (χ2v) is 8.48. The Morgan fingerprint density at radius 1 is 1.11 bits per heavy atom. The van der Waals surface area contributed by atoms with Crippen LogP contribution >= 0.6 is 11.6 Å². The molecule has 1 amide bonds. The lowest BCUT2D eigenvalue weighted by atomic mass is 9.92. The lowest BCUT2D eigenvalue weighted by Gasteiger charge is -2.27. The minimum atomic E-state index is -4.54. The molecule has 0 aliphatic rings. The molecule has 0 aliphatic heterocycles. The van der Waals surface area contributed by atoms with E-state index in [1.54, 1.807) is 24.3 Å². The van der Waals surface area contributed by atoms with Crippen LogP contribution in [0.5, 0.6) is 0 Å². The van der Waals surface area contributed by atoms with Crippen molar-refractivity contribution in [1.29, 1.82) is 0 Å². The van der Waals surface area contributed by atoms with Crippen LogP contribution < -0.4 is 11.0 Å². The molecule has 2 N–H and O–H groups in total. The fourth-order valence-electron chi connectivity index (χ4n) is 3.27. The number of aromatic nitrogens is 3. The summed E-state index contributed by atoms with van der Waals surface area (Å²) in [7, 11) is 0. The van der Waals surface area contributed by atoms with Crippen LogP contribution in [0.25, 0.3) is 17.6 Å². The summed E-state index contributed by atoms with van der Waals surface area (Å²) in [4.78, 5) is 36.5. The quantitative estimate of drug-likeness (QED) is 0.469. The predicted octanol–water partition coefficient (Wildman–Crippen LogP) is 3.99. The van der Waals surface area contributed by atoms with E-state index in [1.807, 2.05) is 0 Å². The molecule has 2 aromatic carbocycles. The number of alkyl halides is 3. The molecular formula is C23H20ClF3N4O4. The first-order valence-electron chi connectivity index (χ1n) is 10.1. The molecule has 0 saturated carbocycles. The number of amides is 1. The van der Waals surface area contributed by atoms with Gasteiger partial charge in [-0.3, -0.25) is 4.79 Å². The smallest absolute Gasteiger partial charge is 0.416 e. The average molecular weight is 509 g/mol. The van der Waals surface area contributed by atoms with E-state index < -0.39 is 41.4 Å². The Morgan fingerprint density at radius 3 is 2.34 bits per heavy atom. The summed E-state index contributed by atoms with van der Waals surface area (Å²) in [5, 5.41) is 16.1. The second-order valence-electron chi connectivity index (χ2n) is 8.05. The van der Waals surface area contributed by atoms with Crippen LogP contribution in [0.15, 0.2) is 59.4 Å². The van der Waals surface area contributed by atoms with Crippen LogP contribution in [-0.2, 0) is 27.8 Å². The van der Waals surface area contributed by atoms with Crippen molar-refractivity contribution >= 4 is 29.7 Å². The zero-order valence-corrected chi connectivity index (χ0v) is 19.3. The molecule has 0 fully saturated rings. The highest BCUT2D eigenvalue weighted by Crippen LogP contribution is 2.32. The number of carbonyl (C=O) groups is 2. The molecule has 3 rings (SSSR count). The summed E-state index contributed by atoms with van der Waals surface area (Å²) in [5.74, 6) is -1.93. The maximum atomic E-state index is 13.1. The van der Waals surface area contributed by atoms with E-state index in [1.165, 1.54) is 26.0 Å². The van der Waals surface area contributed by atoms with E-state index in [9.17, 15) is 27.6 Å². The number of rotatable bonds is 7. The van der Waals surface area contributed by atoms with E-state index in [2.05, 4.69) is 10.4 Å². The van der Waals surface area contributed by atoms with Crippen molar-refractivity contribution in [2.45, 2.75) is 32.1 Å². The maximum Gasteiger partial charge on any atom is 0.416 e. The van der Waals surface area contributed by atoms with Crippen molar-refractivity contribution in [2.24, 2.45) is 0 Å². The number of nitrogens with one attached hydrogen (secondary N) is 1. The van der Waals surface area contributed by atoms with Crippen molar-refractivity contribution in [3.8, 4) is 11.4 Å². The summed E-state index contributed by atoms with van der Waals surface area (Å²) in [6.45, 7) is 2.49. The fourth-order valence-corrected chi connectivity index (χ4v) is 3.40. The average Bonchev–Trinajstić information content (AvgIpc) is 3.07. The highest BCUT2D eigenvalue weighted by molar-refractivity contribution is 6.30. The zero-order valence-electron chi connectivity index (χ0n) is 18.5. The van der Waals surface area contributed by atoms with Crippen molar-refractivity contribution in [2.75, 3.05) is 0 Å². The first-order chi connectivity index (χ1) is 16.3. The minimum absolute atomic E-state index is 0.0640. The van der Waals surface area contributed by atoms with Crippen molar-refractivity contribution in [1.82, 2.24) is 19.7 Å². The van der Waals surface area contributed by atoms with Gasteiger partial charge in [0, 0.05) is 22.9 Å². The van der Waals surface area contributed by atoms with Gasteiger partial charge in [0.2, 0.25) is 5.91 Å². The van der Waals surface area contributed by atoms with E-state index in [0.717, 1.165) is 33.7 Å². The van der Waals surface area contributed by atoms with Crippen LogP contribution in [0.3, 0.4) is 0 Å². The van der Waals surface area contributed by atoms with E-state index in [-0.39, 0.29) is 11.4 Å². The van der Waals surface area contributed by atoms with Crippen LogP contribution in [-0.4, -0.2) is 31.3 Å². The first-order valence-corrected chi connectivity index (χ1v) is 10.5. The number of aliphatic carboxylic acids is 1. The van der Waals surface area contributed by atoms with Gasteiger partial charge in [0.15, 0.2) is 5.82 Å². The van der Waals surface area contributed by atoms with Crippen LogP contribution in [0.2, 0.25) is 5.02 Å². The van der Waals surface area contributed by atoms with E-state index in [0.29, 0.717) is 10.6 Å². The number of carbonyl (C=O) groups excluding carboxylic acids is 1. The molecule has 0 atom stereocenters. The highest BCUT2D eigenvalue weighted by Gasteiger charge is 2.32. The Labute approximate surface area is 202 Å². The van der Waals surface area contributed by atoms with Crippen LogP contribution in [0.1, 0.15) is 25.0 Å². The van der Waals surface area contributed by atoms with E-state index >= 15 is 0 Å². The van der Waals surface area contributed by atoms with Crippen LogP contribution in [0, 0.1) is 0 Å². The second kappa shape index (κ2) is 9.79. The number of hydrogen-bond acceptors (Lipinski definition) is 4. The third kappa shape index (κ3) is 6.18. The molecule has 184 valence electrons. The fraction of sp³-hybridized carbons (Fsp3) is 0.217. The summed E-state index contributed by atoms with van der Waals surface area (Å²) in [6, 6.07) is 10.8. The van der Waals surface area contributed by atoms with Crippen molar-refractivity contribution in [3.05, 3.63) is 81.2 Å². The molecule has 1 heterocycles. The molecular weight excluding hydrogens is 489 g/mol. The Morgan fingerprint density at radius 2 is 1.74 bits per heavy atom. The molecule has 0 aliphatic carbocycles. The molecule has 1 aromatic heterocycles. The molecule has 0 radical (unpaired) electrons. The first kappa shape index (κ1) is 25.8. The number of nitrogens with zero attached hydrogens (tertiary/aromatic N) is 3. The molecule has 0 saturated heterocycles. The number of carboxylic acid groups (broad SMARTS) is 1. The monoisotopic (exact) mass is 508 g/mol. The number of carboxylic acids is 1. The van der Waals surface area contributed by atoms with Gasteiger partial charge in [-0.1, -0.05) is 23.7 Å². The number of hydrogen-bond donors (Lipinski definition) is 2. The Bertz CT molecular complexity index is 1340. The van der Waals surface area contributed by atoms with Gasteiger partial charge in [0.1, 0.15) is 6.54 Å². The maximum absolute atomic E-state index is 13.1. The summed E-state index contributed by atoms with van der Waals surface area (Å²) >= 11 is 5.89. The summed E-state index contributed by atoms with van der Waals surface area (Å²) < 4.78 is 41.0. The molecule has 0 unspecified atom stereocenters. The van der Waals surface area contributed by atoms with Gasteiger partial charge in [-0.15, -0.1) is 5.10 Å². The normalized spacial score (nSPS) is 12.2. The Balaban J connectivity index is 1.90. The van der Waals surface area contributed by atoms with Gasteiger partial charge >= 0.3 is 17.8 Å². The highest BCUT2D eigenvalue weighted by atomic mass is 35.5. The molecule has 0 bridgehead atoms. The van der Waals surface area contributed by atoms with E-state index in [4.69, 9.17) is 16.7 Å². The molecule has 3 aromatic rings. The molecule has 8 nitrogen and oxygen atoms in total. The lowest BCUT2D eigenvalue weighted by molar-refractivity contribution is -0.137. The van der Waals surface area contributed by atoms with Crippen molar-refractivity contribution < 1.29 is 27.9 Å². The summed E-state index contributed by atoms with van der Waals surface area (Å²) in [5.41, 5.74) is -2.20. The summed E-state index contributed by atoms with van der Waals surface area (Å²) in [6.07, 6.45) is -2.80. The third-order valence-electron chi connectivity index (χ3n) is 5.00. The number of halogens is 4. The Kier molecular flexibility index (Phi) is 7.20. The van der Waals surface area contributed by atoms with Crippen molar-refractivity contribution in [3.63, 3.8) is 0 Å².